The molecule has 3 rings (SSSR count). The molecule has 34 heavy (non-hydrogen) atoms. The molecule has 0 unspecified atom stereocenters. The molecule has 0 fully saturated rings. The number of imide groups is 1. The Morgan fingerprint density at radius 1 is 1.21 bits per heavy atom. The van der Waals surface area contributed by atoms with Crippen molar-refractivity contribution in [2.24, 2.45) is 0 Å². The number of nitrogens with one attached hydrogen (secondary N) is 1. The van der Waals surface area contributed by atoms with E-state index < -0.39 is 39.4 Å². The third-order valence-corrected chi connectivity index (χ3v) is 5.88. The van der Waals surface area contributed by atoms with Crippen molar-refractivity contribution >= 4 is 33.2 Å². The van der Waals surface area contributed by atoms with Crippen LogP contribution in [0.3, 0.4) is 0 Å². The molecule has 0 aliphatic carbocycles. The minimum atomic E-state index is -3.72. The molecule has 1 aliphatic heterocycles. The molecule has 0 radical (unpaired) electrons. The first-order valence-electron chi connectivity index (χ1n) is 10.1. The van der Waals surface area contributed by atoms with Gasteiger partial charge in [-0.3, -0.25) is 19.3 Å². The first kappa shape index (κ1) is 24.7. The summed E-state index contributed by atoms with van der Waals surface area (Å²) in [6.07, 6.45) is 0.967. The van der Waals surface area contributed by atoms with E-state index in [-0.39, 0.29) is 46.3 Å². The Hall–Kier alpha value is -3.98. The molecule has 1 aliphatic rings. The van der Waals surface area contributed by atoms with Crippen LogP contribution in [0.1, 0.15) is 51.9 Å². The number of carbonyl (C=O) groups is 3. The van der Waals surface area contributed by atoms with Crippen molar-refractivity contribution < 1.29 is 32.3 Å². The SMILES string of the molecule is CCOc1nc([C@H](CS(C)(=O)=O)N2C(=O)c3c(C#N)ccc(NC(C)=O)c3C2=O)ccc1OC. The zero-order valence-electron chi connectivity index (χ0n) is 18.9. The van der Waals surface area contributed by atoms with E-state index in [4.69, 9.17) is 9.47 Å². The molecule has 1 atom stereocenters. The number of nitrogens with zero attached hydrogens (tertiary/aromatic N) is 3. The van der Waals surface area contributed by atoms with Gasteiger partial charge in [0.2, 0.25) is 5.91 Å². The predicted molar refractivity (Wildman–Crippen MR) is 120 cm³/mol. The summed E-state index contributed by atoms with van der Waals surface area (Å²) in [5.41, 5.74) is -0.366. The Labute approximate surface area is 196 Å². The van der Waals surface area contributed by atoms with E-state index >= 15 is 0 Å². The fraction of sp³-hybridized carbons (Fsp3) is 0.318. The maximum atomic E-state index is 13.5. The van der Waals surface area contributed by atoms with E-state index in [0.29, 0.717) is 0 Å². The topological polar surface area (TPSA) is 156 Å². The number of ether oxygens (including phenoxy) is 2. The number of nitriles is 1. The van der Waals surface area contributed by atoms with Crippen LogP contribution in [0.15, 0.2) is 24.3 Å². The molecule has 1 N–H and O–H groups in total. The molecule has 12 heteroatoms. The number of rotatable bonds is 8. The van der Waals surface area contributed by atoms with E-state index in [2.05, 4.69) is 10.3 Å². The highest BCUT2D eigenvalue weighted by Crippen LogP contribution is 2.38. The predicted octanol–water partition coefficient (Wildman–Crippen LogP) is 1.70. The smallest absolute Gasteiger partial charge is 0.264 e. The number of hydrogen-bond acceptors (Lipinski definition) is 9. The van der Waals surface area contributed by atoms with Crippen molar-refractivity contribution in [3.63, 3.8) is 0 Å². The molecule has 2 heterocycles. The number of fused-ring (bicyclic) bond motifs is 1. The van der Waals surface area contributed by atoms with Gasteiger partial charge in [0.25, 0.3) is 17.7 Å². The van der Waals surface area contributed by atoms with Gasteiger partial charge in [-0.05, 0) is 31.2 Å². The molecule has 2 aromatic rings. The van der Waals surface area contributed by atoms with Gasteiger partial charge in [0.15, 0.2) is 5.75 Å². The van der Waals surface area contributed by atoms with Gasteiger partial charge in [-0.15, -0.1) is 0 Å². The number of anilines is 1. The van der Waals surface area contributed by atoms with Crippen LogP contribution in [-0.2, 0) is 14.6 Å². The highest BCUT2D eigenvalue weighted by atomic mass is 32.2. The number of carbonyl (C=O) groups excluding carboxylic acids is 3. The highest BCUT2D eigenvalue weighted by molar-refractivity contribution is 7.90. The molecule has 11 nitrogen and oxygen atoms in total. The summed E-state index contributed by atoms with van der Waals surface area (Å²) in [6.45, 7) is 3.19. The fourth-order valence-electron chi connectivity index (χ4n) is 3.65. The standard InChI is InChI=1S/C22H22N4O7S/c1-5-33-20-17(32-3)9-8-14(25-20)16(11-34(4,30)31)26-21(28)18-13(10-23)6-7-15(24-12(2)27)19(18)22(26)29/h6-9,16H,5,11H2,1-4H3,(H,24,27)/t16-/m0/s1. The number of methoxy groups -OCH3 is 1. The summed E-state index contributed by atoms with van der Waals surface area (Å²) < 4.78 is 35.2. The van der Waals surface area contributed by atoms with Crippen molar-refractivity contribution in [3.8, 4) is 17.7 Å². The van der Waals surface area contributed by atoms with Gasteiger partial charge >= 0.3 is 0 Å². The van der Waals surface area contributed by atoms with Crippen LogP contribution >= 0.6 is 0 Å². The van der Waals surface area contributed by atoms with Gasteiger partial charge < -0.3 is 14.8 Å². The van der Waals surface area contributed by atoms with Crippen LogP contribution in [0.25, 0.3) is 0 Å². The fourth-order valence-corrected chi connectivity index (χ4v) is 4.55. The van der Waals surface area contributed by atoms with Gasteiger partial charge in [-0.2, -0.15) is 5.26 Å². The molecule has 178 valence electrons. The Morgan fingerprint density at radius 2 is 1.88 bits per heavy atom. The van der Waals surface area contributed by atoms with Crippen LogP contribution in [0.2, 0.25) is 0 Å². The number of pyridine rings is 1. The van der Waals surface area contributed by atoms with Crippen molar-refractivity contribution in [2.45, 2.75) is 19.9 Å². The molecule has 0 saturated heterocycles. The largest absolute Gasteiger partial charge is 0.491 e. The van der Waals surface area contributed by atoms with Crippen molar-refractivity contribution in [3.05, 3.63) is 46.6 Å². The quantitative estimate of drug-likeness (QED) is 0.549. The highest BCUT2D eigenvalue weighted by Gasteiger charge is 2.45. The average Bonchev–Trinajstić information content (AvgIpc) is 3.02. The maximum Gasteiger partial charge on any atom is 0.264 e. The Kier molecular flexibility index (Phi) is 6.88. The summed E-state index contributed by atoms with van der Waals surface area (Å²) >= 11 is 0. The monoisotopic (exact) mass is 486 g/mol. The maximum absolute atomic E-state index is 13.5. The van der Waals surface area contributed by atoms with Crippen LogP contribution in [0.4, 0.5) is 5.69 Å². The first-order valence-corrected chi connectivity index (χ1v) is 12.2. The molecular weight excluding hydrogens is 464 g/mol. The van der Waals surface area contributed by atoms with Crippen LogP contribution < -0.4 is 14.8 Å². The first-order chi connectivity index (χ1) is 16.0. The van der Waals surface area contributed by atoms with E-state index in [1.54, 1.807) is 6.92 Å². The van der Waals surface area contributed by atoms with Gasteiger partial charge in [0, 0.05) is 13.2 Å². The van der Waals surface area contributed by atoms with Gasteiger partial charge in [-0.25, -0.2) is 13.4 Å². The van der Waals surface area contributed by atoms with Crippen LogP contribution in [0, 0.1) is 11.3 Å². The Morgan fingerprint density at radius 3 is 2.44 bits per heavy atom. The van der Waals surface area contributed by atoms with E-state index in [1.165, 1.54) is 38.3 Å². The third kappa shape index (κ3) is 4.69. The van der Waals surface area contributed by atoms with E-state index in [1.807, 2.05) is 6.07 Å². The summed E-state index contributed by atoms with van der Waals surface area (Å²) in [6, 6.07) is 6.11. The normalized spacial score (nSPS) is 13.8. The van der Waals surface area contributed by atoms with Crippen molar-refractivity contribution in [2.75, 3.05) is 31.0 Å². The average molecular weight is 487 g/mol. The number of hydrogen-bond donors (Lipinski definition) is 1. The summed E-state index contributed by atoms with van der Waals surface area (Å²) in [7, 11) is -2.31. The second-order valence-electron chi connectivity index (χ2n) is 7.47. The zero-order valence-corrected chi connectivity index (χ0v) is 19.7. The van der Waals surface area contributed by atoms with E-state index in [9.17, 15) is 28.1 Å². The van der Waals surface area contributed by atoms with Crippen LogP contribution in [-0.4, -0.2) is 61.7 Å². The second kappa shape index (κ2) is 9.48. The lowest BCUT2D eigenvalue weighted by atomic mass is 10.0. The number of sulfone groups is 1. The second-order valence-corrected chi connectivity index (χ2v) is 9.65. The summed E-state index contributed by atoms with van der Waals surface area (Å²) in [5.74, 6) is -2.49. The summed E-state index contributed by atoms with van der Waals surface area (Å²) in [4.78, 5) is 43.6. The number of aromatic nitrogens is 1. The molecule has 0 saturated carbocycles. The number of benzene rings is 1. The number of amides is 3. The van der Waals surface area contributed by atoms with E-state index in [0.717, 1.165) is 11.2 Å². The molecule has 1 aromatic carbocycles. The van der Waals surface area contributed by atoms with Crippen LogP contribution in [0.5, 0.6) is 11.6 Å². The summed E-state index contributed by atoms with van der Waals surface area (Å²) in [5, 5.41) is 12.0. The molecule has 0 spiro atoms. The van der Waals surface area contributed by atoms with Gasteiger partial charge in [0.05, 0.1) is 59.7 Å². The minimum Gasteiger partial charge on any atom is -0.491 e. The molecule has 3 amide bonds. The molecule has 0 bridgehead atoms. The third-order valence-electron chi connectivity index (χ3n) is 4.96. The Bertz CT molecular complexity index is 1330. The van der Waals surface area contributed by atoms with Gasteiger partial charge in [-0.1, -0.05) is 0 Å². The van der Waals surface area contributed by atoms with Crippen molar-refractivity contribution in [1.29, 1.82) is 5.26 Å². The lowest BCUT2D eigenvalue weighted by molar-refractivity contribution is -0.114. The van der Waals surface area contributed by atoms with Crippen molar-refractivity contribution in [1.82, 2.24) is 9.88 Å². The minimum absolute atomic E-state index is 0.0400. The molecule has 1 aromatic heterocycles. The van der Waals surface area contributed by atoms with Gasteiger partial charge in [0.1, 0.15) is 9.84 Å². The lowest BCUT2D eigenvalue weighted by Crippen LogP contribution is -2.38. The zero-order chi connectivity index (χ0) is 25.2. The molecular formula is C22H22N4O7S. The lowest BCUT2D eigenvalue weighted by Gasteiger charge is -2.26. The Balaban J connectivity index is 2.21.